The fourth-order valence-corrected chi connectivity index (χ4v) is 3.59. The number of Topliss-reactive ketones (excluding diaryl/α,β-unsaturated/α-hetero) is 1. The number of aliphatic hydroxyl groups is 3. The molecule has 2 aromatic rings. The van der Waals surface area contributed by atoms with Crippen molar-refractivity contribution in [3.8, 4) is 23.0 Å². The van der Waals surface area contributed by atoms with E-state index >= 15 is 0 Å². The topological polar surface area (TPSA) is 183 Å². The fraction of sp³-hybridized carbons (Fsp3) is 0.391. The molecule has 34 heavy (non-hydrogen) atoms. The van der Waals surface area contributed by atoms with Gasteiger partial charge in [0, 0.05) is 25.5 Å². The summed E-state index contributed by atoms with van der Waals surface area (Å²) in [7, 11) is 0. The minimum atomic E-state index is -1.65. The molecule has 11 heteroatoms. The molecule has 5 unspecified atom stereocenters. The molecule has 1 fully saturated rings. The van der Waals surface area contributed by atoms with Crippen LogP contribution in [0.4, 0.5) is 0 Å². The Kier molecular flexibility index (Phi) is 7.94. The van der Waals surface area contributed by atoms with Crippen LogP contribution < -0.4 is 4.74 Å². The highest BCUT2D eigenvalue weighted by atomic mass is 16.7. The summed E-state index contributed by atoms with van der Waals surface area (Å²) in [6, 6.07) is 8.32. The van der Waals surface area contributed by atoms with Crippen LogP contribution in [0.25, 0.3) is 0 Å². The number of ether oxygens (including phenoxy) is 3. The molecule has 1 saturated heterocycles. The van der Waals surface area contributed by atoms with Crippen molar-refractivity contribution in [2.24, 2.45) is 0 Å². The molecule has 0 bridgehead atoms. The molecule has 0 spiro atoms. The zero-order valence-electron chi connectivity index (χ0n) is 18.2. The van der Waals surface area contributed by atoms with E-state index in [1.807, 2.05) is 0 Å². The normalized spacial score (nSPS) is 24.4. The summed E-state index contributed by atoms with van der Waals surface area (Å²) in [5.74, 6) is -2.59. The number of esters is 1. The monoisotopic (exact) mass is 478 g/mol. The van der Waals surface area contributed by atoms with Gasteiger partial charge in [0.15, 0.2) is 11.9 Å². The van der Waals surface area contributed by atoms with Gasteiger partial charge in [0.25, 0.3) is 0 Å². The average Bonchev–Trinajstić information content (AvgIpc) is 2.77. The van der Waals surface area contributed by atoms with Crippen LogP contribution in [0.1, 0.15) is 29.3 Å². The van der Waals surface area contributed by atoms with Crippen LogP contribution in [0.3, 0.4) is 0 Å². The molecule has 6 N–H and O–H groups in total. The number of carbonyl (C=O) groups excluding carboxylic acids is 2. The molecular weight excluding hydrogens is 452 g/mol. The zero-order chi connectivity index (χ0) is 25.0. The predicted molar refractivity (Wildman–Crippen MR) is 114 cm³/mol. The highest BCUT2D eigenvalue weighted by Crippen LogP contribution is 2.35. The van der Waals surface area contributed by atoms with Crippen molar-refractivity contribution < 1.29 is 54.4 Å². The number of benzene rings is 2. The van der Waals surface area contributed by atoms with Gasteiger partial charge in [0.1, 0.15) is 46.9 Å². The number of ketones is 1. The number of aromatic hydroxyl groups is 3. The van der Waals surface area contributed by atoms with Crippen LogP contribution >= 0.6 is 0 Å². The van der Waals surface area contributed by atoms with Crippen LogP contribution in [0, 0.1) is 0 Å². The molecule has 184 valence electrons. The molecule has 1 aliphatic heterocycles. The van der Waals surface area contributed by atoms with Gasteiger partial charge in [-0.3, -0.25) is 9.59 Å². The van der Waals surface area contributed by atoms with Crippen LogP contribution in [0.15, 0.2) is 36.4 Å². The van der Waals surface area contributed by atoms with Gasteiger partial charge in [0.2, 0.25) is 6.29 Å². The lowest BCUT2D eigenvalue weighted by molar-refractivity contribution is -0.281. The van der Waals surface area contributed by atoms with Crippen LogP contribution in [-0.2, 0) is 20.7 Å². The van der Waals surface area contributed by atoms with Gasteiger partial charge in [0.05, 0.1) is 6.61 Å². The number of phenols is 3. The van der Waals surface area contributed by atoms with Gasteiger partial charge in [-0.2, -0.15) is 0 Å². The third kappa shape index (κ3) is 5.75. The van der Waals surface area contributed by atoms with E-state index in [0.29, 0.717) is 6.42 Å². The van der Waals surface area contributed by atoms with Crippen molar-refractivity contribution in [1.82, 2.24) is 0 Å². The van der Waals surface area contributed by atoms with E-state index in [2.05, 4.69) is 0 Å². The minimum Gasteiger partial charge on any atom is -0.508 e. The molecule has 0 saturated carbocycles. The number of aliphatic hydroxyl groups excluding tert-OH is 3. The zero-order valence-corrected chi connectivity index (χ0v) is 18.2. The third-order valence-corrected chi connectivity index (χ3v) is 5.30. The fourth-order valence-electron chi connectivity index (χ4n) is 3.59. The number of hydrogen-bond acceptors (Lipinski definition) is 11. The van der Waals surface area contributed by atoms with E-state index in [-0.39, 0.29) is 23.5 Å². The molecule has 3 rings (SSSR count). The number of carbonyl (C=O) groups is 2. The van der Waals surface area contributed by atoms with Crippen molar-refractivity contribution in [2.45, 2.75) is 50.5 Å². The molecule has 5 atom stereocenters. The van der Waals surface area contributed by atoms with E-state index in [0.717, 1.165) is 24.6 Å². The predicted octanol–water partition coefficient (Wildman–Crippen LogP) is 0.368. The Morgan fingerprint density at radius 3 is 2.18 bits per heavy atom. The first kappa shape index (κ1) is 25.2. The maximum atomic E-state index is 12.6. The van der Waals surface area contributed by atoms with Crippen molar-refractivity contribution in [1.29, 1.82) is 0 Å². The maximum absolute atomic E-state index is 12.6. The lowest BCUT2D eigenvalue weighted by Crippen LogP contribution is -2.61. The maximum Gasteiger partial charge on any atom is 0.303 e. The average molecular weight is 478 g/mol. The third-order valence-electron chi connectivity index (χ3n) is 5.30. The van der Waals surface area contributed by atoms with Crippen LogP contribution in [0.2, 0.25) is 0 Å². The molecular formula is C23H26O11. The second kappa shape index (κ2) is 10.7. The van der Waals surface area contributed by atoms with Gasteiger partial charge in [-0.15, -0.1) is 0 Å². The van der Waals surface area contributed by atoms with Crippen molar-refractivity contribution in [2.75, 3.05) is 6.61 Å². The van der Waals surface area contributed by atoms with Crippen LogP contribution in [-0.4, -0.2) is 79.7 Å². The lowest BCUT2D eigenvalue weighted by Gasteiger charge is -2.41. The number of rotatable bonds is 8. The van der Waals surface area contributed by atoms with Gasteiger partial charge >= 0.3 is 5.97 Å². The highest BCUT2D eigenvalue weighted by molar-refractivity contribution is 6.01. The molecule has 1 aliphatic rings. The number of aryl methyl sites for hydroxylation is 1. The summed E-state index contributed by atoms with van der Waals surface area (Å²) in [6.07, 6.45) is -7.18. The smallest absolute Gasteiger partial charge is 0.303 e. The standard InChI is InChI=1S/C23H26O11/c1-11(25)32-22-21(31)20(30)18(10-24)34-23(22)33-14-8-16(28)19(17(29)9-14)15(27)7-4-12-2-5-13(26)6-3-12/h2-3,5-6,8-9,18,20-24,26,28-31H,4,7,10H2,1H3. The van der Waals surface area contributed by atoms with Crippen molar-refractivity contribution >= 4 is 11.8 Å². The van der Waals surface area contributed by atoms with E-state index < -0.39 is 60.6 Å². The molecule has 0 aliphatic carbocycles. The minimum absolute atomic E-state index is 0.0331. The molecule has 0 radical (unpaired) electrons. The van der Waals surface area contributed by atoms with E-state index in [1.54, 1.807) is 12.1 Å². The summed E-state index contributed by atoms with van der Waals surface area (Å²) < 4.78 is 15.9. The van der Waals surface area contributed by atoms with Gasteiger partial charge in [-0.1, -0.05) is 12.1 Å². The summed E-state index contributed by atoms with van der Waals surface area (Å²) in [5, 5.41) is 59.7. The highest BCUT2D eigenvalue weighted by Gasteiger charge is 2.47. The Labute approximate surface area is 194 Å². The summed E-state index contributed by atoms with van der Waals surface area (Å²) in [4.78, 5) is 24.0. The van der Waals surface area contributed by atoms with Gasteiger partial charge in [-0.25, -0.2) is 0 Å². The second-order valence-corrected chi connectivity index (χ2v) is 7.82. The molecule has 11 nitrogen and oxygen atoms in total. The Morgan fingerprint density at radius 1 is 1.00 bits per heavy atom. The molecule has 0 aromatic heterocycles. The summed E-state index contributed by atoms with van der Waals surface area (Å²) in [5.41, 5.74) is 0.450. The Hall–Kier alpha value is -3.38. The van der Waals surface area contributed by atoms with Gasteiger partial charge < -0.3 is 44.8 Å². The number of phenolic OH excluding ortho intramolecular Hbond substituents is 3. The van der Waals surface area contributed by atoms with Gasteiger partial charge in [-0.05, 0) is 24.1 Å². The largest absolute Gasteiger partial charge is 0.508 e. The Bertz CT molecular complexity index is 997. The van der Waals surface area contributed by atoms with Crippen molar-refractivity contribution in [3.63, 3.8) is 0 Å². The Morgan fingerprint density at radius 2 is 1.62 bits per heavy atom. The molecule has 2 aromatic carbocycles. The Balaban J connectivity index is 1.76. The first-order chi connectivity index (χ1) is 16.1. The summed E-state index contributed by atoms with van der Waals surface area (Å²) in [6.45, 7) is 0.403. The quantitative estimate of drug-likeness (QED) is 0.228. The van der Waals surface area contributed by atoms with E-state index in [1.165, 1.54) is 12.1 Å². The molecule has 0 amide bonds. The van der Waals surface area contributed by atoms with E-state index in [9.17, 15) is 40.2 Å². The number of hydrogen-bond donors (Lipinski definition) is 6. The second-order valence-electron chi connectivity index (χ2n) is 7.82. The lowest BCUT2D eigenvalue weighted by atomic mass is 9.99. The first-order valence-electron chi connectivity index (χ1n) is 10.4. The SMILES string of the molecule is CC(=O)OC1C(Oc2cc(O)c(C(=O)CCc3ccc(O)cc3)c(O)c2)OC(CO)C(O)C1O. The van der Waals surface area contributed by atoms with E-state index in [4.69, 9.17) is 14.2 Å². The summed E-state index contributed by atoms with van der Waals surface area (Å²) >= 11 is 0. The first-order valence-corrected chi connectivity index (χ1v) is 10.4. The van der Waals surface area contributed by atoms with Crippen LogP contribution in [0.5, 0.6) is 23.0 Å². The molecule has 1 heterocycles. The van der Waals surface area contributed by atoms with Crippen molar-refractivity contribution in [3.05, 3.63) is 47.5 Å².